The van der Waals surface area contributed by atoms with Crippen LogP contribution in [0.3, 0.4) is 0 Å². The first-order valence-corrected chi connectivity index (χ1v) is 6.10. The molecule has 15 heavy (non-hydrogen) atoms. The molecule has 1 nitrogen and oxygen atoms in total. The molecule has 2 aliphatic carbocycles. The van der Waals surface area contributed by atoms with Crippen molar-refractivity contribution in [3.05, 3.63) is 36.6 Å². The number of rotatable bonds is 4. The number of hydrogen-bond donors (Lipinski definition) is 1. The van der Waals surface area contributed by atoms with Gasteiger partial charge in [-0.05, 0) is 50.1 Å². The second-order valence-electron chi connectivity index (χ2n) is 4.70. The molecule has 0 heterocycles. The van der Waals surface area contributed by atoms with Gasteiger partial charge >= 0.3 is 0 Å². The molecule has 0 amide bonds. The Labute approximate surface area is 93.0 Å². The maximum atomic E-state index is 3.69. The zero-order valence-electron chi connectivity index (χ0n) is 9.41. The van der Waals surface area contributed by atoms with Crippen LogP contribution in [0.1, 0.15) is 32.1 Å². The van der Waals surface area contributed by atoms with Crippen LogP contribution in [0.4, 0.5) is 0 Å². The van der Waals surface area contributed by atoms with Crippen LogP contribution in [0.15, 0.2) is 36.6 Å². The second-order valence-corrected chi connectivity index (χ2v) is 4.70. The summed E-state index contributed by atoms with van der Waals surface area (Å²) in [5, 5.41) is 3.24. The van der Waals surface area contributed by atoms with Crippen LogP contribution in [0.5, 0.6) is 0 Å². The molecule has 2 rings (SSSR count). The summed E-state index contributed by atoms with van der Waals surface area (Å²) in [6.45, 7) is 4.81. The lowest BCUT2D eigenvalue weighted by molar-refractivity contribution is 0.297. The first-order valence-electron chi connectivity index (χ1n) is 6.10. The van der Waals surface area contributed by atoms with Crippen LogP contribution < -0.4 is 5.32 Å². The van der Waals surface area contributed by atoms with Gasteiger partial charge in [0.05, 0.1) is 0 Å². The van der Waals surface area contributed by atoms with E-state index in [1.54, 1.807) is 5.57 Å². The first-order chi connectivity index (χ1) is 7.40. The van der Waals surface area contributed by atoms with Gasteiger partial charge in [0.15, 0.2) is 0 Å². The van der Waals surface area contributed by atoms with Gasteiger partial charge in [-0.3, -0.25) is 0 Å². The topological polar surface area (TPSA) is 12.0 Å². The molecule has 0 bridgehead atoms. The van der Waals surface area contributed by atoms with E-state index in [0.717, 1.165) is 18.4 Å². The smallest absolute Gasteiger partial charge is 0.0169 e. The van der Waals surface area contributed by atoms with Crippen molar-refractivity contribution in [2.45, 2.75) is 32.1 Å². The summed E-state index contributed by atoms with van der Waals surface area (Å²) in [5.74, 6) is 1.74. The minimum atomic E-state index is 0.870. The molecule has 0 atom stereocenters. The molecule has 0 aromatic heterocycles. The van der Waals surface area contributed by atoms with Crippen molar-refractivity contribution in [3.8, 4) is 0 Å². The van der Waals surface area contributed by atoms with Gasteiger partial charge in [0.2, 0.25) is 0 Å². The number of allylic oxidation sites excluding steroid dienone is 4. The van der Waals surface area contributed by atoms with Gasteiger partial charge in [-0.2, -0.15) is 0 Å². The van der Waals surface area contributed by atoms with E-state index < -0.39 is 0 Å². The number of hydrogen-bond acceptors (Lipinski definition) is 1. The standard InChI is InChI=1S/C14H21N/c1-2-15-11-12-7-9-14(10-8-12)13-5-3-4-6-13/h2-5,12,14-15H,1,6-11H2. The Kier molecular flexibility index (Phi) is 3.65. The van der Waals surface area contributed by atoms with Crippen LogP contribution >= 0.6 is 0 Å². The van der Waals surface area contributed by atoms with E-state index in [4.69, 9.17) is 0 Å². The Balaban J connectivity index is 1.74. The van der Waals surface area contributed by atoms with E-state index in [-0.39, 0.29) is 0 Å². The van der Waals surface area contributed by atoms with E-state index in [2.05, 4.69) is 30.1 Å². The Morgan fingerprint density at radius 2 is 2.13 bits per heavy atom. The fourth-order valence-electron chi connectivity index (χ4n) is 2.75. The highest BCUT2D eigenvalue weighted by Gasteiger charge is 2.23. The normalized spacial score (nSPS) is 30.0. The molecule has 0 aromatic rings. The molecule has 2 aliphatic rings. The largest absolute Gasteiger partial charge is 0.391 e. The molecule has 0 radical (unpaired) electrons. The van der Waals surface area contributed by atoms with Gasteiger partial charge in [-0.25, -0.2) is 0 Å². The lowest BCUT2D eigenvalue weighted by atomic mass is 9.78. The van der Waals surface area contributed by atoms with Gasteiger partial charge in [0.1, 0.15) is 0 Å². The molecular weight excluding hydrogens is 182 g/mol. The van der Waals surface area contributed by atoms with E-state index >= 15 is 0 Å². The van der Waals surface area contributed by atoms with Crippen molar-refractivity contribution in [2.24, 2.45) is 11.8 Å². The molecule has 0 aliphatic heterocycles. The van der Waals surface area contributed by atoms with Gasteiger partial charge in [-0.1, -0.05) is 30.4 Å². The minimum absolute atomic E-state index is 0.870. The summed E-state index contributed by atoms with van der Waals surface area (Å²) in [6.07, 6.45) is 15.4. The van der Waals surface area contributed by atoms with Crippen molar-refractivity contribution >= 4 is 0 Å². The van der Waals surface area contributed by atoms with Crippen molar-refractivity contribution in [2.75, 3.05) is 6.54 Å². The Morgan fingerprint density at radius 3 is 2.73 bits per heavy atom. The monoisotopic (exact) mass is 203 g/mol. The summed E-state index contributed by atoms with van der Waals surface area (Å²) in [4.78, 5) is 0. The van der Waals surface area contributed by atoms with Crippen molar-refractivity contribution in [1.82, 2.24) is 5.32 Å². The maximum Gasteiger partial charge on any atom is 0.0169 e. The highest BCUT2D eigenvalue weighted by atomic mass is 14.8. The molecule has 1 N–H and O–H groups in total. The molecule has 1 heteroatoms. The van der Waals surface area contributed by atoms with Crippen molar-refractivity contribution in [3.63, 3.8) is 0 Å². The van der Waals surface area contributed by atoms with E-state index in [1.165, 1.54) is 32.1 Å². The van der Waals surface area contributed by atoms with E-state index in [9.17, 15) is 0 Å². The lowest BCUT2D eigenvalue weighted by Crippen LogP contribution is -2.23. The highest BCUT2D eigenvalue weighted by molar-refractivity contribution is 5.25. The maximum absolute atomic E-state index is 3.69. The van der Waals surface area contributed by atoms with E-state index in [1.807, 2.05) is 6.20 Å². The predicted molar refractivity (Wildman–Crippen MR) is 65.5 cm³/mol. The average molecular weight is 203 g/mol. The van der Waals surface area contributed by atoms with Crippen LogP contribution in [-0.2, 0) is 0 Å². The Morgan fingerprint density at radius 1 is 1.33 bits per heavy atom. The Hall–Kier alpha value is -0.980. The third kappa shape index (κ3) is 2.74. The van der Waals surface area contributed by atoms with Crippen molar-refractivity contribution < 1.29 is 0 Å². The molecule has 1 saturated carbocycles. The zero-order chi connectivity index (χ0) is 10.5. The predicted octanol–water partition coefficient (Wildman–Crippen LogP) is 3.41. The molecule has 0 spiro atoms. The average Bonchev–Trinajstić information content (AvgIpc) is 2.80. The van der Waals surface area contributed by atoms with Gasteiger partial charge < -0.3 is 5.32 Å². The van der Waals surface area contributed by atoms with Crippen LogP contribution in [-0.4, -0.2) is 6.54 Å². The second kappa shape index (κ2) is 5.20. The molecule has 0 unspecified atom stereocenters. The summed E-state index contributed by atoms with van der Waals surface area (Å²) in [6, 6.07) is 0. The fraction of sp³-hybridized carbons (Fsp3) is 0.571. The molecule has 1 fully saturated rings. The zero-order valence-corrected chi connectivity index (χ0v) is 9.41. The Bertz CT molecular complexity index is 267. The van der Waals surface area contributed by atoms with Crippen molar-refractivity contribution in [1.29, 1.82) is 0 Å². The molecule has 0 aromatic carbocycles. The summed E-state index contributed by atoms with van der Waals surface area (Å²) < 4.78 is 0. The van der Waals surface area contributed by atoms with Gasteiger partial charge in [0, 0.05) is 6.54 Å². The fourth-order valence-corrected chi connectivity index (χ4v) is 2.75. The summed E-state index contributed by atoms with van der Waals surface area (Å²) in [7, 11) is 0. The third-order valence-electron chi connectivity index (χ3n) is 3.72. The lowest BCUT2D eigenvalue weighted by Gasteiger charge is -2.29. The molecular formula is C14H21N. The van der Waals surface area contributed by atoms with Gasteiger partial charge in [0.25, 0.3) is 0 Å². The van der Waals surface area contributed by atoms with Crippen LogP contribution in [0.2, 0.25) is 0 Å². The van der Waals surface area contributed by atoms with Crippen LogP contribution in [0, 0.1) is 11.8 Å². The molecule has 82 valence electrons. The third-order valence-corrected chi connectivity index (χ3v) is 3.72. The van der Waals surface area contributed by atoms with E-state index in [0.29, 0.717) is 0 Å². The van der Waals surface area contributed by atoms with Crippen LogP contribution in [0.25, 0.3) is 0 Å². The summed E-state index contributed by atoms with van der Waals surface area (Å²) >= 11 is 0. The minimum Gasteiger partial charge on any atom is -0.391 e. The highest BCUT2D eigenvalue weighted by Crippen LogP contribution is 2.35. The summed E-state index contributed by atoms with van der Waals surface area (Å²) in [5.41, 5.74) is 1.67. The molecule has 0 saturated heterocycles. The number of nitrogens with one attached hydrogen (secondary N) is 1. The quantitative estimate of drug-likeness (QED) is 0.738. The first kappa shape index (κ1) is 10.5. The SMILES string of the molecule is C=CNCC1CCC(C2=CC=CC2)CC1. The van der Waals surface area contributed by atoms with Gasteiger partial charge in [-0.15, -0.1) is 0 Å².